The number of benzene rings is 1. The summed E-state index contributed by atoms with van der Waals surface area (Å²) in [6.45, 7) is 1.56. The van der Waals surface area contributed by atoms with Crippen LogP contribution in [-0.2, 0) is 13.0 Å². The molecule has 0 spiro atoms. The van der Waals surface area contributed by atoms with E-state index in [2.05, 4.69) is 45.9 Å². The Bertz CT molecular complexity index is 601. The van der Waals surface area contributed by atoms with Crippen LogP contribution in [0.25, 0.3) is 0 Å². The molecule has 0 aliphatic heterocycles. The molecule has 116 valence electrons. The van der Waals surface area contributed by atoms with Gasteiger partial charge in [0.15, 0.2) is 0 Å². The molecule has 0 radical (unpaired) electrons. The van der Waals surface area contributed by atoms with Crippen molar-refractivity contribution in [1.82, 2.24) is 10.3 Å². The molecule has 0 unspecified atom stereocenters. The lowest BCUT2D eigenvalue weighted by Crippen LogP contribution is -2.29. The minimum atomic E-state index is 0.166. The molecule has 0 amide bonds. The van der Waals surface area contributed by atoms with Crippen LogP contribution in [0.4, 0.5) is 5.82 Å². The third-order valence-corrected chi connectivity index (χ3v) is 4.17. The Kier molecular flexibility index (Phi) is 5.03. The summed E-state index contributed by atoms with van der Waals surface area (Å²) in [5.74, 6) is 0.969. The zero-order chi connectivity index (χ0) is 15.2. The molecule has 1 aromatic carbocycles. The van der Waals surface area contributed by atoms with Gasteiger partial charge in [-0.1, -0.05) is 30.3 Å². The van der Waals surface area contributed by atoms with Crippen LogP contribution in [0, 0.1) is 0 Å². The van der Waals surface area contributed by atoms with Gasteiger partial charge in [0, 0.05) is 30.9 Å². The van der Waals surface area contributed by atoms with E-state index in [1.165, 1.54) is 23.1 Å². The molecule has 0 fully saturated rings. The number of aryl methyl sites for hydroxylation is 1. The SMILES string of the molecule is OCCN[C@@H]1CCCc2ccnc(NCc3ccccc3)c21. The zero-order valence-corrected chi connectivity index (χ0v) is 12.8. The van der Waals surface area contributed by atoms with Crippen molar-refractivity contribution in [2.75, 3.05) is 18.5 Å². The van der Waals surface area contributed by atoms with Crippen molar-refractivity contribution >= 4 is 5.82 Å². The Morgan fingerprint density at radius 1 is 1.18 bits per heavy atom. The first kappa shape index (κ1) is 15.0. The maximum absolute atomic E-state index is 9.07. The zero-order valence-electron chi connectivity index (χ0n) is 12.8. The summed E-state index contributed by atoms with van der Waals surface area (Å²) < 4.78 is 0. The largest absolute Gasteiger partial charge is 0.395 e. The molecule has 1 aliphatic carbocycles. The molecular formula is C18H23N3O. The second kappa shape index (κ2) is 7.38. The molecule has 3 N–H and O–H groups in total. The first-order valence-corrected chi connectivity index (χ1v) is 7.98. The lowest BCUT2D eigenvalue weighted by atomic mass is 9.88. The number of pyridine rings is 1. The van der Waals surface area contributed by atoms with Gasteiger partial charge < -0.3 is 15.7 Å². The smallest absolute Gasteiger partial charge is 0.131 e. The molecule has 2 aromatic rings. The highest BCUT2D eigenvalue weighted by Crippen LogP contribution is 2.34. The van der Waals surface area contributed by atoms with Crippen molar-refractivity contribution in [2.24, 2.45) is 0 Å². The number of anilines is 1. The predicted molar refractivity (Wildman–Crippen MR) is 88.8 cm³/mol. The summed E-state index contributed by atoms with van der Waals surface area (Å²) in [6, 6.07) is 12.8. The summed E-state index contributed by atoms with van der Waals surface area (Å²) in [5.41, 5.74) is 3.89. The number of aliphatic hydroxyl groups excluding tert-OH is 1. The molecule has 0 saturated carbocycles. The van der Waals surface area contributed by atoms with Gasteiger partial charge >= 0.3 is 0 Å². The molecule has 3 rings (SSSR count). The van der Waals surface area contributed by atoms with E-state index >= 15 is 0 Å². The molecule has 1 atom stereocenters. The van der Waals surface area contributed by atoms with Crippen LogP contribution in [-0.4, -0.2) is 23.2 Å². The fraction of sp³-hybridized carbons (Fsp3) is 0.389. The van der Waals surface area contributed by atoms with Crippen LogP contribution in [0.2, 0.25) is 0 Å². The van der Waals surface area contributed by atoms with E-state index in [9.17, 15) is 0 Å². The highest BCUT2D eigenvalue weighted by molar-refractivity contribution is 5.51. The summed E-state index contributed by atoms with van der Waals surface area (Å²) in [6.07, 6.45) is 5.27. The van der Waals surface area contributed by atoms with Gasteiger partial charge in [-0.15, -0.1) is 0 Å². The molecule has 4 heteroatoms. The Morgan fingerprint density at radius 3 is 2.86 bits per heavy atom. The van der Waals surface area contributed by atoms with Crippen LogP contribution in [0.15, 0.2) is 42.6 Å². The lowest BCUT2D eigenvalue weighted by molar-refractivity contribution is 0.280. The molecule has 1 aromatic heterocycles. The molecule has 0 bridgehead atoms. The monoisotopic (exact) mass is 297 g/mol. The third kappa shape index (κ3) is 3.46. The Balaban J connectivity index is 1.79. The molecular weight excluding hydrogens is 274 g/mol. The summed E-state index contributed by atoms with van der Waals surface area (Å²) >= 11 is 0. The average Bonchev–Trinajstić information content (AvgIpc) is 2.59. The van der Waals surface area contributed by atoms with E-state index < -0.39 is 0 Å². The fourth-order valence-corrected chi connectivity index (χ4v) is 3.13. The second-order valence-corrected chi connectivity index (χ2v) is 5.69. The second-order valence-electron chi connectivity index (χ2n) is 5.69. The average molecular weight is 297 g/mol. The first-order valence-electron chi connectivity index (χ1n) is 7.98. The van der Waals surface area contributed by atoms with Crippen LogP contribution >= 0.6 is 0 Å². The van der Waals surface area contributed by atoms with Gasteiger partial charge in [0.1, 0.15) is 5.82 Å². The number of hydrogen-bond acceptors (Lipinski definition) is 4. The number of rotatable bonds is 6. The van der Waals surface area contributed by atoms with Gasteiger partial charge in [0.05, 0.1) is 6.61 Å². The van der Waals surface area contributed by atoms with E-state index in [0.29, 0.717) is 6.54 Å². The number of hydrogen-bond donors (Lipinski definition) is 3. The van der Waals surface area contributed by atoms with Crippen molar-refractivity contribution in [2.45, 2.75) is 31.8 Å². The minimum absolute atomic E-state index is 0.166. The number of nitrogens with zero attached hydrogens (tertiary/aromatic N) is 1. The van der Waals surface area contributed by atoms with Crippen molar-refractivity contribution in [3.05, 3.63) is 59.3 Å². The molecule has 22 heavy (non-hydrogen) atoms. The lowest BCUT2D eigenvalue weighted by Gasteiger charge is -2.28. The van der Waals surface area contributed by atoms with Crippen molar-refractivity contribution in [3.8, 4) is 0 Å². The Hall–Kier alpha value is -1.91. The maximum Gasteiger partial charge on any atom is 0.131 e. The number of aromatic nitrogens is 1. The number of nitrogens with one attached hydrogen (secondary N) is 2. The summed E-state index contributed by atoms with van der Waals surface area (Å²) in [4.78, 5) is 4.55. The third-order valence-electron chi connectivity index (χ3n) is 4.17. The van der Waals surface area contributed by atoms with Gasteiger partial charge in [0.25, 0.3) is 0 Å². The molecule has 1 heterocycles. The van der Waals surface area contributed by atoms with E-state index in [0.717, 1.165) is 25.2 Å². The topological polar surface area (TPSA) is 57.2 Å². The van der Waals surface area contributed by atoms with E-state index in [1.807, 2.05) is 12.3 Å². The van der Waals surface area contributed by atoms with Gasteiger partial charge in [-0.2, -0.15) is 0 Å². The van der Waals surface area contributed by atoms with Crippen LogP contribution in [0.5, 0.6) is 0 Å². The van der Waals surface area contributed by atoms with Crippen LogP contribution < -0.4 is 10.6 Å². The van der Waals surface area contributed by atoms with E-state index in [4.69, 9.17) is 5.11 Å². The summed E-state index contributed by atoms with van der Waals surface area (Å²) in [5, 5.41) is 16.0. The normalized spacial score (nSPS) is 17.0. The molecule has 1 aliphatic rings. The predicted octanol–water partition coefficient (Wildman–Crippen LogP) is 2.65. The fourth-order valence-electron chi connectivity index (χ4n) is 3.13. The molecule has 4 nitrogen and oxygen atoms in total. The van der Waals surface area contributed by atoms with Crippen LogP contribution in [0.1, 0.15) is 35.6 Å². The minimum Gasteiger partial charge on any atom is -0.395 e. The highest BCUT2D eigenvalue weighted by Gasteiger charge is 2.23. The quantitative estimate of drug-likeness (QED) is 0.767. The van der Waals surface area contributed by atoms with Gasteiger partial charge in [-0.25, -0.2) is 4.98 Å². The van der Waals surface area contributed by atoms with Crippen molar-refractivity contribution < 1.29 is 5.11 Å². The van der Waals surface area contributed by atoms with Crippen LogP contribution in [0.3, 0.4) is 0 Å². The Morgan fingerprint density at radius 2 is 2.05 bits per heavy atom. The number of aliphatic hydroxyl groups is 1. The molecule has 0 saturated heterocycles. The first-order chi connectivity index (χ1) is 10.9. The summed E-state index contributed by atoms with van der Waals surface area (Å²) in [7, 11) is 0. The number of fused-ring (bicyclic) bond motifs is 1. The van der Waals surface area contributed by atoms with Crippen molar-refractivity contribution in [3.63, 3.8) is 0 Å². The highest BCUT2D eigenvalue weighted by atomic mass is 16.3. The van der Waals surface area contributed by atoms with Gasteiger partial charge in [0.2, 0.25) is 0 Å². The standard InChI is InChI=1S/C18H23N3O/c22-12-11-19-16-8-4-7-15-9-10-20-18(17(15)16)21-13-14-5-2-1-3-6-14/h1-3,5-6,9-10,16,19,22H,4,7-8,11-13H2,(H,20,21)/t16-/m1/s1. The van der Waals surface area contributed by atoms with Gasteiger partial charge in [-0.3, -0.25) is 0 Å². The van der Waals surface area contributed by atoms with Crippen molar-refractivity contribution in [1.29, 1.82) is 0 Å². The van der Waals surface area contributed by atoms with E-state index in [-0.39, 0.29) is 12.6 Å². The van der Waals surface area contributed by atoms with E-state index in [1.54, 1.807) is 0 Å². The Labute approximate surface area is 131 Å². The maximum atomic E-state index is 9.07. The van der Waals surface area contributed by atoms with Gasteiger partial charge in [-0.05, 0) is 36.5 Å².